The third-order valence-corrected chi connectivity index (χ3v) is 6.05. The lowest BCUT2D eigenvalue weighted by molar-refractivity contribution is -0.139. The van der Waals surface area contributed by atoms with E-state index in [1.165, 1.54) is 0 Å². The number of nitrogens with one attached hydrogen (secondary N) is 1. The Bertz CT molecular complexity index is 1110. The van der Waals surface area contributed by atoms with Gasteiger partial charge in [0.2, 0.25) is 11.9 Å². The lowest BCUT2D eigenvalue weighted by atomic mass is 10.1. The lowest BCUT2D eigenvalue weighted by Gasteiger charge is -2.36. The fraction of sp³-hybridized carbons (Fsp3) is 0.550. The first kappa shape index (κ1) is 24.9. The number of anilines is 1. The van der Waals surface area contributed by atoms with Crippen LogP contribution in [0.1, 0.15) is 35.7 Å². The van der Waals surface area contributed by atoms with E-state index in [2.05, 4.69) is 15.1 Å². The van der Waals surface area contributed by atoms with Crippen molar-refractivity contribution in [2.24, 2.45) is 0 Å². The van der Waals surface area contributed by atoms with Crippen molar-refractivity contribution in [3.8, 4) is 0 Å². The zero-order valence-corrected chi connectivity index (χ0v) is 18.2. The van der Waals surface area contributed by atoms with Gasteiger partial charge in [0, 0.05) is 38.6 Å². The first-order chi connectivity index (χ1) is 16.4. The minimum atomic E-state index is -4.82. The van der Waals surface area contributed by atoms with Crippen LogP contribution in [-0.2, 0) is 17.1 Å². The molecule has 1 N–H and O–H groups in total. The van der Waals surface area contributed by atoms with Crippen LogP contribution in [0.2, 0.25) is 0 Å². The van der Waals surface area contributed by atoms with Crippen LogP contribution in [0.25, 0.3) is 0 Å². The number of H-pyrrole nitrogens is 1. The van der Waals surface area contributed by atoms with Crippen molar-refractivity contribution in [1.82, 2.24) is 30.0 Å². The summed E-state index contributed by atoms with van der Waals surface area (Å²) < 4.78 is 77.4. The summed E-state index contributed by atoms with van der Waals surface area (Å²) in [5.41, 5.74) is -3.56. The molecular formula is C20H21F6N7O2. The predicted octanol–water partition coefficient (Wildman–Crippen LogP) is 2.08. The van der Waals surface area contributed by atoms with E-state index in [4.69, 9.17) is 0 Å². The van der Waals surface area contributed by atoms with Crippen LogP contribution in [0, 0.1) is 0 Å². The number of carbonyl (C=O) groups is 1. The molecule has 4 rings (SSSR count). The summed E-state index contributed by atoms with van der Waals surface area (Å²) in [5.74, 6) is -0.0975. The number of aromatic nitrogens is 4. The fourth-order valence-electron chi connectivity index (χ4n) is 4.21. The number of piperazine rings is 1. The maximum Gasteiger partial charge on any atom is 0.421 e. The molecule has 2 aliphatic rings. The molecule has 2 aromatic heterocycles. The number of hydrogen-bond acceptors (Lipinski definition) is 7. The summed E-state index contributed by atoms with van der Waals surface area (Å²) in [6.45, 7) is 1.66. The lowest BCUT2D eigenvalue weighted by Crippen LogP contribution is -2.51. The molecule has 35 heavy (non-hydrogen) atoms. The molecule has 0 aromatic carbocycles. The third-order valence-electron chi connectivity index (χ3n) is 6.05. The molecule has 1 unspecified atom stereocenters. The highest BCUT2D eigenvalue weighted by molar-refractivity contribution is 5.78. The number of amides is 1. The molecule has 0 spiro atoms. The van der Waals surface area contributed by atoms with Crippen molar-refractivity contribution in [3.05, 3.63) is 45.6 Å². The molecule has 1 atom stereocenters. The Balaban J connectivity index is 1.36. The number of carbonyl (C=O) groups excluding carboxylic acids is 1. The number of nitrogens with zero attached hydrogens (tertiary/aromatic N) is 6. The Morgan fingerprint density at radius 2 is 1.66 bits per heavy atom. The number of likely N-dealkylation sites (tertiary alicyclic amines) is 1. The van der Waals surface area contributed by atoms with Crippen LogP contribution in [0.4, 0.5) is 32.3 Å². The summed E-state index contributed by atoms with van der Waals surface area (Å²) in [6, 6.07) is 0.188. The molecule has 4 heterocycles. The second-order valence-electron chi connectivity index (χ2n) is 8.30. The van der Waals surface area contributed by atoms with E-state index in [0.29, 0.717) is 44.9 Å². The molecule has 0 bridgehead atoms. The monoisotopic (exact) mass is 505 g/mol. The molecule has 2 aliphatic heterocycles. The molecule has 15 heteroatoms. The minimum absolute atomic E-state index is 0.0381. The molecule has 2 saturated heterocycles. The van der Waals surface area contributed by atoms with Gasteiger partial charge in [-0.15, -0.1) is 0 Å². The van der Waals surface area contributed by atoms with E-state index in [1.54, 1.807) is 14.7 Å². The number of rotatable bonds is 4. The molecule has 190 valence electrons. The first-order valence-corrected chi connectivity index (χ1v) is 10.8. The summed E-state index contributed by atoms with van der Waals surface area (Å²) in [5, 5.41) is 5.67. The standard InChI is InChI=1S/C20H21F6N7O2/c21-19(22,23)12-9-27-18(28-10-12)32-6-4-31(5-7-32)16(34)11-33-3-1-2-15(33)14-8-13(20(24,25)26)17(35)30-29-14/h8-10,15H,1-7,11H2,(H,30,35). The number of halogens is 6. The number of aromatic amines is 1. The van der Waals surface area contributed by atoms with Crippen molar-refractivity contribution < 1.29 is 31.1 Å². The zero-order valence-electron chi connectivity index (χ0n) is 18.2. The quantitative estimate of drug-likeness (QED) is 0.636. The topological polar surface area (TPSA) is 98.3 Å². The molecule has 9 nitrogen and oxygen atoms in total. The largest absolute Gasteiger partial charge is 0.421 e. The molecular weight excluding hydrogens is 484 g/mol. The molecule has 0 aliphatic carbocycles. The Kier molecular flexibility index (Phi) is 6.71. The number of alkyl halides is 6. The van der Waals surface area contributed by atoms with Gasteiger partial charge in [-0.2, -0.15) is 31.4 Å². The fourth-order valence-corrected chi connectivity index (χ4v) is 4.21. The highest BCUT2D eigenvalue weighted by atomic mass is 19.4. The Morgan fingerprint density at radius 1 is 1.00 bits per heavy atom. The maximum absolute atomic E-state index is 13.1. The van der Waals surface area contributed by atoms with Crippen LogP contribution < -0.4 is 10.5 Å². The van der Waals surface area contributed by atoms with Gasteiger partial charge in [-0.1, -0.05) is 0 Å². The maximum atomic E-state index is 13.1. The molecule has 2 aromatic rings. The smallest absolute Gasteiger partial charge is 0.338 e. The highest BCUT2D eigenvalue weighted by Crippen LogP contribution is 2.33. The van der Waals surface area contributed by atoms with Gasteiger partial charge in [-0.3, -0.25) is 14.5 Å². The predicted molar refractivity (Wildman–Crippen MR) is 109 cm³/mol. The van der Waals surface area contributed by atoms with E-state index in [9.17, 15) is 35.9 Å². The molecule has 2 fully saturated rings. The zero-order chi connectivity index (χ0) is 25.4. The second kappa shape index (κ2) is 9.43. The van der Waals surface area contributed by atoms with Gasteiger partial charge < -0.3 is 9.80 Å². The molecule has 0 radical (unpaired) electrons. The van der Waals surface area contributed by atoms with Gasteiger partial charge in [0.15, 0.2) is 0 Å². The van der Waals surface area contributed by atoms with Gasteiger partial charge in [0.1, 0.15) is 5.56 Å². The van der Waals surface area contributed by atoms with Crippen molar-refractivity contribution in [2.75, 3.05) is 44.2 Å². The SMILES string of the molecule is O=C(CN1CCCC1c1cc(C(F)(F)F)c(=O)[nH]n1)N1CCN(c2ncc(C(F)(F)F)cn2)CC1. The normalized spacial score (nSPS) is 19.9. The van der Waals surface area contributed by atoms with Gasteiger partial charge in [0.05, 0.1) is 23.8 Å². The summed E-state index contributed by atoms with van der Waals surface area (Å²) >= 11 is 0. The van der Waals surface area contributed by atoms with Crippen molar-refractivity contribution >= 4 is 11.9 Å². The van der Waals surface area contributed by atoms with Gasteiger partial charge in [-0.25, -0.2) is 15.1 Å². The number of hydrogen-bond donors (Lipinski definition) is 1. The average Bonchev–Trinajstić information content (AvgIpc) is 3.26. The van der Waals surface area contributed by atoms with Crippen LogP contribution >= 0.6 is 0 Å². The van der Waals surface area contributed by atoms with Gasteiger partial charge in [-0.05, 0) is 25.5 Å². The summed E-state index contributed by atoms with van der Waals surface area (Å²) in [7, 11) is 0. The Hall–Kier alpha value is -3.23. The Labute approximate surface area is 194 Å². The Morgan fingerprint density at radius 3 is 2.26 bits per heavy atom. The molecule has 0 saturated carbocycles. The molecule has 1 amide bonds. The van der Waals surface area contributed by atoms with E-state index < -0.39 is 35.1 Å². The van der Waals surface area contributed by atoms with Crippen LogP contribution in [0.15, 0.2) is 23.3 Å². The van der Waals surface area contributed by atoms with E-state index in [1.807, 2.05) is 5.10 Å². The van der Waals surface area contributed by atoms with Gasteiger partial charge >= 0.3 is 12.4 Å². The van der Waals surface area contributed by atoms with Crippen LogP contribution in [0.3, 0.4) is 0 Å². The average molecular weight is 505 g/mol. The van der Waals surface area contributed by atoms with Gasteiger partial charge in [0.25, 0.3) is 5.56 Å². The van der Waals surface area contributed by atoms with Crippen molar-refractivity contribution in [3.63, 3.8) is 0 Å². The van der Waals surface area contributed by atoms with Crippen molar-refractivity contribution in [1.29, 1.82) is 0 Å². The van der Waals surface area contributed by atoms with Crippen molar-refractivity contribution in [2.45, 2.75) is 31.2 Å². The third kappa shape index (κ3) is 5.55. The minimum Gasteiger partial charge on any atom is -0.338 e. The van der Waals surface area contributed by atoms with Crippen LogP contribution in [0.5, 0.6) is 0 Å². The highest BCUT2D eigenvalue weighted by Gasteiger charge is 2.37. The summed E-state index contributed by atoms with van der Waals surface area (Å²) in [6.07, 6.45) is -6.79. The second-order valence-corrected chi connectivity index (χ2v) is 8.30. The van der Waals surface area contributed by atoms with E-state index in [0.717, 1.165) is 6.07 Å². The van der Waals surface area contributed by atoms with E-state index in [-0.39, 0.29) is 37.2 Å². The summed E-state index contributed by atoms with van der Waals surface area (Å²) in [4.78, 5) is 36.9. The first-order valence-electron chi connectivity index (χ1n) is 10.8. The van der Waals surface area contributed by atoms with Crippen LogP contribution in [-0.4, -0.2) is 75.1 Å². The van der Waals surface area contributed by atoms with E-state index >= 15 is 0 Å².